The van der Waals surface area contributed by atoms with Crippen molar-refractivity contribution in [1.82, 2.24) is 15.1 Å². The minimum atomic E-state index is -0.770. The molecule has 1 aromatic heterocycles. The molecule has 1 heterocycles. The van der Waals surface area contributed by atoms with Gasteiger partial charge in [-0.15, -0.1) is 0 Å². The molecule has 7 heteroatoms. The summed E-state index contributed by atoms with van der Waals surface area (Å²) in [6.45, 7) is 4.42. The number of aromatic nitrogens is 2. The van der Waals surface area contributed by atoms with Crippen molar-refractivity contribution in [3.63, 3.8) is 0 Å². The minimum absolute atomic E-state index is 0.0702. The van der Waals surface area contributed by atoms with Crippen LogP contribution in [-0.4, -0.2) is 32.8 Å². The number of benzene rings is 1. The van der Waals surface area contributed by atoms with Crippen molar-refractivity contribution in [3.8, 4) is 0 Å². The molecular weight excluding hydrogens is 346 g/mol. The second-order valence-corrected chi connectivity index (χ2v) is 7.64. The van der Waals surface area contributed by atoms with Gasteiger partial charge >= 0.3 is 5.97 Å². The third-order valence-electron chi connectivity index (χ3n) is 5.03. The first kappa shape index (κ1) is 19.1. The molecule has 0 radical (unpaired) electrons. The molecule has 2 aromatic rings. The smallest absolute Gasteiger partial charge is 0.306 e. The van der Waals surface area contributed by atoms with Crippen LogP contribution in [0.5, 0.6) is 0 Å². The molecule has 0 saturated heterocycles. The van der Waals surface area contributed by atoms with Crippen LogP contribution in [0.1, 0.15) is 50.0 Å². The molecule has 1 amide bonds. The van der Waals surface area contributed by atoms with Crippen LogP contribution >= 0.6 is 0 Å². The van der Waals surface area contributed by atoms with E-state index in [-0.39, 0.29) is 35.0 Å². The third kappa shape index (κ3) is 4.18. The molecule has 3 rings (SSSR count). The molecule has 0 spiro atoms. The van der Waals surface area contributed by atoms with E-state index >= 15 is 0 Å². The van der Waals surface area contributed by atoms with Crippen LogP contribution in [0.2, 0.25) is 0 Å². The Morgan fingerprint density at radius 1 is 1.19 bits per heavy atom. The summed E-state index contributed by atoms with van der Waals surface area (Å²) < 4.78 is 1.36. The van der Waals surface area contributed by atoms with Gasteiger partial charge in [-0.1, -0.05) is 32.0 Å². The lowest BCUT2D eigenvalue weighted by Gasteiger charge is -2.26. The van der Waals surface area contributed by atoms with E-state index in [0.717, 1.165) is 0 Å². The molecule has 7 nitrogen and oxygen atoms in total. The molecule has 0 unspecified atom stereocenters. The first-order valence-electron chi connectivity index (χ1n) is 9.40. The predicted molar refractivity (Wildman–Crippen MR) is 102 cm³/mol. The summed E-state index contributed by atoms with van der Waals surface area (Å²) >= 11 is 0. The molecule has 1 fully saturated rings. The van der Waals surface area contributed by atoms with E-state index in [2.05, 4.69) is 10.4 Å². The third-order valence-corrected chi connectivity index (χ3v) is 5.03. The van der Waals surface area contributed by atoms with Gasteiger partial charge in [0.15, 0.2) is 5.69 Å². The van der Waals surface area contributed by atoms with E-state index in [4.69, 9.17) is 5.11 Å². The van der Waals surface area contributed by atoms with Crippen LogP contribution in [0.4, 0.5) is 0 Å². The SMILES string of the molecule is CC(C)Cn1nc(C(=O)NC2CCC(C(=O)O)CC2)c2ccccc2c1=O. The predicted octanol–water partition coefficient (Wildman–Crippen LogP) is 2.43. The molecule has 1 aliphatic carbocycles. The van der Waals surface area contributed by atoms with Crippen molar-refractivity contribution in [2.24, 2.45) is 11.8 Å². The number of carbonyl (C=O) groups is 2. The van der Waals surface area contributed by atoms with Gasteiger partial charge in [0.05, 0.1) is 11.3 Å². The van der Waals surface area contributed by atoms with Crippen molar-refractivity contribution in [1.29, 1.82) is 0 Å². The highest BCUT2D eigenvalue weighted by molar-refractivity contribution is 6.04. The number of carboxylic acid groups (broad SMARTS) is 1. The molecule has 2 N–H and O–H groups in total. The Morgan fingerprint density at radius 2 is 1.81 bits per heavy atom. The molecule has 0 bridgehead atoms. The first-order chi connectivity index (χ1) is 12.9. The zero-order valence-electron chi connectivity index (χ0n) is 15.6. The quantitative estimate of drug-likeness (QED) is 0.840. The minimum Gasteiger partial charge on any atom is -0.481 e. The Kier molecular flexibility index (Phi) is 5.58. The second-order valence-electron chi connectivity index (χ2n) is 7.64. The molecule has 1 aliphatic rings. The van der Waals surface area contributed by atoms with E-state index < -0.39 is 5.97 Å². The Hall–Kier alpha value is -2.70. The number of hydrogen-bond donors (Lipinski definition) is 2. The van der Waals surface area contributed by atoms with Gasteiger partial charge in [0, 0.05) is 18.0 Å². The highest BCUT2D eigenvalue weighted by Gasteiger charge is 2.28. The molecule has 0 aliphatic heterocycles. The normalized spacial score (nSPS) is 20.0. The van der Waals surface area contributed by atoms with Gasteiger partial charge in [0.2, 0.25) is 0 Å². The zero-order valence-corrected chi connectivity index (χ0v) is 15.6. The van der Waals surface area contributed by atoms with Crippen LogP contribution < -0.4 is 10.9 Å². The monoisotopic (exact) mass is 371 g/mol. The van der Waals surface area contributed by atoms with Gasteiger partial charge < -0.3 is 10.4 Å². The highest BCUT2D eigenvalue weighted by Crippen LogP contribution is 2.25. The van der Waals surface area contributed by atoms with Crippen LogP contribution in [0.15, 0.2) is 29.1 Å². The molecule has 0 atom stereocenters. The topological polar surface area (TPSA) is 101 Å². The summed E-state index contributed by atoms with van der Waals surface area (Å²) in [7, 11) is 0. The standard InChI is InChI=1S/C20H25N3O4/c1-12(2)11-23-19(25)16-6-4-3-5-15(16)17(22-23)18(24)21-14-9-7-13(8-10-14)20(26)27/h3-6,12-14H,7-11H2,1-2H3,(H,21,24)(H,26,27). The second kappa shape index (κ2) is 7.90. The fourth-order valence-electron chi connectivity index (χ4n) is 3.61. The maximum Gasteiger partial charge on any atom is 0.306 e. The summed E-state index contributed by atoms with van der Waals surface area (Å²) in [5.74, 6) is -1.20. The molecule has 144 valence electrons. The number of aliphatic carboxylic acids is 1. The van der Waals surface area contributed by atoms with Crippen molar-refractivity contribution in [3.05, 3.63) is 40.3 Å². The number of nitrogens with zero attached hydrogens (tertiary/aromatic N) is 2. The van der Waals surface area contributed by atoms with Crippen LogP contribution in [0, 0.1) is 11.8 Å². The van der Waals surface area contributed by atoms with Gasteiger partial charge in [-0.2, -0.15) is 5.10 Å². The Labute approximate surface area is 157 Å². The van der Waals surface area contributed by atoms with E-state index in [1.807, 2.05) is 13.8 Å². The van der Waals surface area contributed by atoms with Crippen molar-refractivity contribution in [2.75, 3.05) is 0 Å². The van der Waals surface area contributed by atoms with Gasteiger partial charge in [-0.3, -0.25) is 14.4 Å². The largest absolute Gasteiger partial charge is 0.481 e. The number of fused-ring (bicyclic) bond motifs is 1. The van der Waals surface area contributed by atoms with E-state index in [1.54, 1.807) is 24.3 Å². The lowest BCUT2D eigenvalue weighted by Crippen LogP contribution is -2.40. The van der Waals surface area contributed by atoms with Crippen LogP contribution in [0.3, 0.4) is 0 Å². The molecular formula is C20H25N3O4. The zero-order chi connectivity index (χ0) is 19.6. The number of carboxylic acids is 1. The summed E-state index contributed by atoms with van der Waals surface area (Å²) in [5, 5.41) is 17.4. The Balaban J connectivity index is 1.87. The van der Waals surface area contributed by atoms with Gasteiger partial charge in [0.1, 0.15) is 0 Å². The lowest BCUT2D eigenvalue weighted by molar-refractivity contribution is -0.142. The fourth-order valence-corrected chi connectivity index (χ4v) is 3.61. The summed E-state index contributed by atoms with van der Waals surface area (Å²) in [6, 6.07) is 6.94. The fraction of sp³-hybridized carbons (Fsp3) is 0.500. The van der Waals surface area contributed by atoms with E-state index in [0.29, 0.717) is 43.0 Å². The van der Waals surface area contributed by atoms with Crippen molar-refractivity contribution >= 4 is 22.6 Å². The number of rotatable bonds is 5. The number of carbonyl (C=O) groups excluding carboxylic acids is 1. The molecule has 1 saturated carbocycles. The maximum atomic E-state index is 12.9. The Morgan fingerprint density at radius 3 is 2.41 bits per heavy atom. The van der Waals surface area contributed by atoms with Gasteiger partial charge in [-0.05, 0) is 37.7 Å². The van der Waals surface area contributed by atoms with Crippen molar-refractivity contribution < 1.29 is 14.7 Å². The number of nitrogens with one attached hydrogen (secondary N) is 1. The van der Waals surface area contributed by atoms with E-state index in [1.165, 1.54) is 4.68 Å². The van der Waals surface area contributed by atoms with Gasteiger partial charge in [0.25, 0.3) is 11.5 Å². The lowest BCUT2D eigenvalue weighted by atomic mass is 9.86. The number of amides is 1. The summed E-state index contributed by atoms with van der Waals surface area (Å²) in [5.41, 5.74) is 0.0454. The highest BCUT2D eigenvalue weighted by atomic mass is 16.4. The number of hydrogen-bond acceptors (Lipinski definition) is 4. The van der Waals surface area contributed by atoms with E-state index in [9.17, 15) is 14.4 Å². The molecule has 27 heavy (non-hydrogen) atoms. The average molecular weight is 371 g/mol. The van der Waals surface area contributed by atoms with Crippen LogP contribution in [-0.2, 0) is 11.3 Å². The van der Waals surface area contributed by atoms with Gasteiger partial charge in [-0.25, -0.2) is 4.68 Å². The van der Waals surface area contributed by atoms with Crippen molar-refractivity contribution in [2.45, 2.75) is 52.1 Å². The molecule has 1 aromatic carbocycles. The average Bonchev–Trinajstić information content (AvgIpc) is 2.64. The summed E-state index contributed by atoms with van der Waals surface area (Å²) in [4.78, 5) is 36.6. The Bertz CT molecular complexity index is 911. The van der Waals surface area contributed by atoms with Crippen LogP contribution in [0.25, 0.3) is 10.8 Å². The first-order valence-corrected chi connectivity index (χ1v) is 9.40. The summed E-state index contributed by atoms with van der Waals surface area (Å²) in [6.07, 6.45) is 2.38. The maximum absolute atomic E-state index is 12.9.